The van der Waals surface area contributed by atoms with E-state index in [1.165, 1.54) is 12.0 Å². The second-order valence-corrected chi connectivity index (χ2v) is 6.96. The average Bonchev–Trinajstić information content (AvgIpc) is 2.91. The summed E-state index contributed by atoms with van der Waals surface area (Å²) in [6.07, 6.45) is 4.21. The highest BCUT2D eigenvalue weighted by Crippen LogP contribution is 2.25. The molecule has 0 aliphatic carbocycles. The van der Waals surface area contributed by atoms with Crippen molar-refractivity contribution in [3.63, 3.8) is 0 Å². The maximum Gasteiger partial charge on any atom is 0.246 e. The Labute approximate surface area is 153 Å². The molecule has 0 spiro atoms. The topological polar surface area (TPSA) is 63.4 Å². The Balaban J connectivity index is 1.42. The highest BCUT2D eigenvalue weighted by atomic mass is 35.5. The van der Waals surface area contributed by atoms with Crippen molar-refractivity contribution in [3.05, 3.63) is 34.5 Å². The Morgan fingerprint density at radius 3 is 3.12 bits per heavy atom. The molecule has 2 aromatic rings. The number of halogens is 1. The van der Waals surface area contributed by atoms with Crippen molar-refractivity contribution in [2.24, 2.45) is 0 Å². The van der Waals surface area contributed by atoms with Crippen LogP contribution in [0.5, 0.6) is 0 Å². The second-order valence-electron chi connectivity index (χ2n) is 6.52. The first-order valence-corrected chi connectivity index (χ1v) is 9.24. The summed E-state index contributed by atoms with van der Waals surface area (Å²) in [5.74, 6) is -0.0914. The Hall–Kier alpha value is -1.56. The van der Waals surface area contributed by atoms with Crippen LogP contribution in [0, 0.1) is 6.92 Å². The number of aromatic nitrogens is 1. The van der Waals surface area contributed by atoms with Gasteiger partial charge in [0.2, 0.25) is 5.91 Å². The first kappa shape index (κ1) is 18.2. The van der Waals surface area contributed by atoms with Crippen molar-refractivity contribution in [1.29, 1.82) is 0 Å². The number of hydrogen-bond acceptors (Lipinski definition) is 3. The molecule has 1 aliphatic rings. The van der Waals surface area contributed by atoms with Gasteiger partial charge in [-0.25, -0.2) is 0 Å². The quantitative estimate of drug-likeness (QED) is 0.791. The van der Waals surface area contributed by atoms with Gasteiger partial charge in [-0.15, -0.1) is 0 Å². The molecule has 1 aliphatic heterocycles. The summed E-state index contributed by atoms with van der Waals surface area (Å²) in [5.41, 5.74) is 3.37. The first-order chi connectivity index (χ1) is 12.1. The summed E-state index contributed by atoms with van der Waals surface area (Å²) in [6.45, 7) is 3.99. The minimum absolute atomic E-state index is 0.0819. The van der Waals surface area contributed by atoms with Gasteiger partial charge in [-0.1, -0.05) is 11.6 Å². The monoisotopic (exact) mass is 364 g/mol. The number of aryl methyl sites for hydroxylation is 1. The molecular formula is C19H25ClN2O3. The molecule has 2 N–H and O–H groups in total. The van der Waals surface area contributed by atoms with Gasteiger partial charge in [-0.3, -0.25) is 4.79 Å². The van der Waals surface area contributed by atoms with Crippen LogP contribution in [-0.4, -0.2) is 43.4 Å². The summed E-state index contributed by atoms with van der Waals surface area (Å²) >= 11 is 6.10. The standard InChI is InChI=1S/C19H25ClN2O3/c1-13-16(17-10-14(20)5-6-18(17)22-13)7-8-21-19(23)12-24-11-15-4-2-3-9-25-15/h5-6,10,15,22H,2-4,7-9,11-12H2,1H3,(H,21,23)/t15-/m0/s1. The number of aromatic amines is 1. The lowest BCUT2D eigenvalue weighted by Gasteiger charge is -2.22. The van der Waals surface area contributed by atoms with Crippen molar-refractivity contribution >= 4 is 28.4 Å². The molecule has 0 unspecified atom stereocenters. The molecule has 1 saturated heterocycles. The van der Waals surface area contributed by atoms with E-state index in [-0.39, 0.29) is 18.6 Å². The molecule has 136 valence electrons. The van der Waals surface area contributed by atoms with Crippen LogP contribution in [0.1, 0.15) is 30.5 Å². The number of benzene rings is 1. The molecule has 0 bridgehead atoms. The van der Waals surface area contributed by atoms with Crippen LogP contribution in [0.4, 0.5) is 0 Å². The first-order valence-electron chi connectivity index (χ1n) is 8.86. The van der Waals surface area contributed by atoms with Gasteiger partial charge in [0.15, 0.2) is 0 Å². The maximum absolute atomic E-state index is 11.9. The Kier molecular flexibility index (Phi) is 6.34. The predicted octanol–water partition coefficient (Wildman–Crippen LogP) is 3.37. The van der Waals surface area contributed by atoms with Crippen LogP contribution >= 0.6 is 11.6 Å². The number of nitrogens with one attached hydrogen (secondary N) is 2. The van der Waals surface area contributed by atoms with E-state index in [2.05, 4.69) is 10.3 Å². The lowest BCUT2D eigenvalue weighted by atomic mass is 10.1. The van der Waals surface area contributed by atoms with Gasteiger partial charge in [0.25, 0.3) is 0 Å². The average molecular weight is 365 g/mol. The van der Waals surface area contributed by atoms with Crippen molar-refractivity contribution < 1.29 is 14.3 Å². The largest absolute Gasteiger partial charge is 0.376 e. The number of carbonyl (C=O) groups is 1. The molecule has 2 heterocycles. The van der Waals surface area contributed by atoms with E-state index in [1.54, 1.807) is 0 Å². The number of amides is 1. The highest BCUT2D eigenvalue weighted by molar-refractivity contribution is 6.31. The molecule has 5 nitrogen and oxygen atoms in total. The molecule has 1 amide bonds. The third kappa shape index (κ3) is 4.97. The fourth-order valence-electron chi connectivity index (χ4n) is 3.28. The maximum atomic E-state index is 11.9. The summed E-state index contributed by atoms with van der Waals surface area (Å²) in [5, 5.41) is 4.75. The van der Waals surface area contributed by atoms with Crippen LogP contribution in [0.15, 0.2) is 18.2 Å². The smallest absolute Gasteiger partial charge is 0.246 e. The molecular weight excluding hydrogens is 340 g/mol. The van der Waals surface area contributed by atoms with Gasteiger partial charge in [-0.05, 0) is 56.4 Å². The molecule has 0 saturated carbocycles. The second kappa shape index (κ2) is 8.70. The number of carbonyl (C=O) groups excluding carboxylic acids is 1. The lowest BCUT2D eigenvalue weighted by molar-refractivity contribution is -0.127. The summed E-state index contributed by atoms with van der Waals surface area (Å²) in [4.78, 5) is 15.3. The predicted molar refractivity (Wildman–Crippen MR) is 99.2 cm³/mol. The van der Waals surface area contributed by atoms with E-state index in [4.69, 9.17) is 21.1 Å². The number of rotatable bonds is 7. The SMILES string of the molecule is Cc1[nH]c2ccc(Cl)cc2c1CCNC(=O)COC[C@@H]1CCCCO1. The number of fused-ring (bicyclic) bond motifs is 1. The zero-order valence-corrected chi connectivity index (χ0v) is 15.3. The third-order valence-corrected chi connectivity index (χ3v) is 4.82. The van der Waals surface area contributed by atoms with E-state index >= 15 is 0 Å². The minimum Gasteiger partial charge on any atom is -0.376 e. The van der Waals surface area contributed by atoms with Crippen LogP contribution in [0.3, 0.4) is 0 Å². The van der Waals surface area contributed by atoms with E-state index in [0.29, 0.717) is 13.2 Å². The van der Waals surface area contributed by atoms with Crippen molar-refractivity contribution in [3.8, 4) is 0 Å². The zero-order chi connectivity index (χ0) is 17.6. The van der Waals surface area contributed by atoms with Gasteiger partial charge in [-0.2, -0.15) is 0 Å². The summed E-state index contributed by atoms with van der Waals surface area (Å²) in [7, 11) is 0. The Bertz CT molecular complexity index is 723. The molecule has 1 aromatic heterocycles. The van der Waals surface area contributed by atoms with Crippen LogP contribution in [0.2, 0.25) is 5.02 Å². The fourth-order valence-corrected chi connectivity index (χ4v) is 3.45. The molecule has 0 radical (unpaired) electrons. The van der Waals surface area contributed by atoms with Crippen LogP contribution in [0.25, 0.3) is 10.9 Å². The van der Waals surface area contributed by atoms with E-state index < -0.39 is 0 Å². The van der Waals surface area contributed by atoms with Crippen LogP contribution < -0.4 is 5.32 Å². The lowest BCUT2D eigenvalue weighted by Crippen LogP contribution is -2.32. The highest BCUT2D eigenvalue weighted by Gasteiger charge is 2.14. The van der Waals surface area contributed by atoms with Gasteiger partial charge in [0.05, 0.1) is 12.7 Å². The third-order valence-electron chi connectivity index (χ3n) is 4.59. The Morgan fingerprint density at radius 2 is 2.32 bits per heavy atom. The van der Waals surface area contributed by atoms with Crippen molar-refractivity contribution in [1.82, 2.24) is 10.3 Å². The number of ether oxygens (including phenoxy) is 2. The summed E-state index contributed by atoms with van der Waals surface area (Å²) in [6, 6.07) is 5.82. The molecule has 1 fully saturated rings. The van der Waals surface area contributed by atoms with Crippen molar-refractivity contribution in [2.45, 2.75) is 38.7 Å². The number of H-pyrrole nitrogens is 1. The zero-order valence-electron chi connectivity index (χ0n) is 14.6. The van der Waals surface area contributed by atoms with E-state index in [9.17, 15) is 4.79 Å². The summed E-state index contributed by atoms with van der Waals surface area (Å²) < 4.78 is 11.1. The molecule has 6 heteroatoms. The van der Waals surface area contributed by atoms with Gasteiger partial charge in [0.1, 0.15) is 6.61 Å². The van der Waals surface area contributed by atoms with Crippen molar-refractivity contribution in [2.75, 3.05) is 26.4 Å². The van der Waals surface area contributed by atoms with Gasteiger partial charge >= 0.3 is 0 Å². The molecule has 25 heavy (non-hydrogen) atoms. The van der Waals surface area contributed by atoms with Crippen LogP contribution in [-0.2, 0) is 20.7 Å². The Morgan fingerprint density at radius 1 is 1.44 bits per heavy atom. The normalized spacial score (nSPS) is 17.8. The fraction of sp³-hybridized carbons (Fsp3) is 0.526. The molecule has 3 rings (SSSR count). The van der Waals surface area contributed by atoms with E-state index in [0.717, 1.165) is 47.5 Å². The van der Waals surface area contributed by atoms with Gasteiger partial charge < -0.3 is 19.8 Å². The van der Waals surface area contributed by atoms with E-state index in [1.807, 2.05) is 25.1 Å². The molecule has 1 atom stereocenters. The van der Waals surface area contributed by atoms with Gasteiger partial charge in [0, 0.05) is 34.8 Å². The molecule has 1 aromatic carbocycles. The number of hydrogen-bond donors (Lipinski definition) is 2. The minimum atomic E-state index is -0.0914.